The standard InChI is InChI=1S/C33H33NO2/c1-6-32(36-33(35)23(2)3)28-15-20-30(21-16-28)34(31-17-12-24(4)25(5)22-31)29-18-13-27(14-19-29)26-10-8-7-9-11-26/h7-22,32H,2,6H2,1,3-5H3. The first-order chi connectivity index (χ1) is 17.4. The van der Waals surface area contributed by atoms with Gasteiger partial charge in [-0.25, -0.2) is 4.79 Å². The predicted molar refractivity (Wildman–Crippen MR) is 150 cm³/mol. The second kappa shape index (κ2) is 11.1. The molecule has 1 atom stereocenters. The molecular weight excluding hydrogens is 442 g/mol. The summed E-state index contributed by atoms with van der Waals surface area (Å²) < 4.78 is 5.65. The number of ether oxygens (including phenoxy) is 1. The minimum atomic E-state index is -0.360. The lowest BCUT2D eigenvalue weighted by Crippen LogP contribution is -2.12. The molecule has 4 aromatic rings. The molecule has 3 heteroatoms. The van der Waals surface area contributed by atoms with Gasteiger partial charge in [0.1, 0.15) is 6.10 Å². The van der Waals surface area contributed by atoms with Crippen molar-refractivity contribution in [3.63, 3.8) is 0 Å². The van der Waals surface area contributed by atoms with Gasteiger partial charge in [-0.2, -0.15) is 0 Å². The highest BCUT2D eigenvalue weighted by atomic mass is 16.5. The van der Waals surface area contributed by atoms with E-state index >= 15 is 0 Å². The quantitative estimate of drug-likeness (QED) is 0.188. The monoisotopic (exact) mass is 475 g/mol. The van der Waals surface area contributed by atoms with Gasteiger partial charge >= 0.3 is 5.97 Å². The van der Waals surface area contributed by atoms with Crippen LogP contribution in [0.3, 0.4) is 0 Å². The van der Waals surface area contributed by atoms with Gasteiger partial charge in [-0.05, 0) is 91.4 Å². The largest absolute Gasteiger partial charge is 0.454 e. The number of hydrogen-bond donors (Lipinski definition) is 0. The SMILES string of the molecule is C=C(C)C(=O)OC(CC)c1ccc(N(c2ccc(-c3ccccc3)cc2)c2ccc(C)c(C)c2)cc1. The van der Waals surface area contributed by atoms with Crippen molar-refractivity contribution in [1.82, 2.24) is 0 Å². The Kier molecular flexibility index (Phi) is 7.70. The molecule has 0 saturated carbocycles. The third kappa shape index (κ3) is 5.58. The number of rotatable bonds is 8. The number of hydrogen-bond acceptors (Lipinski definition) is 3. The molecule has 0 bridgehead atoms. The summed E-state index contributed by atoms with van der Waals surface area (Å²) in [5.41, 5.74) is 9.47. The maximum atomic E-state index is 12.1. The molecule has 4 rings (SSSR count). The van der Waals surface area contributed by atoms with Gasteiger partial charge in [0.05, 0.1) is 0 Å². The molecule has 36 heavy (non-hydrogen) atoms. The van der Waals surface area contributed by atoms with Crippen LogP contribution in [0.1, 0.15) is 43.1 Å². The first kappa shape index (κ1) is 25.0. The summed E-state index contributed by atoms with van der Waals surface area (Å²) in [4.78, 5) is 14.3. The second-order valence-corrected chi connectivity index (χ2v) is 9.19. The van der Waals surface area contributed by atoms with E-state index in [4.69, 9.17) is 4.74 Å². The minimum absolute atomic E-state index is 0.302. The fourth-order valence-electron chi connectivity index (χ4n) is 4.20. The number of anilines is 3. The number of esters is 1. The van der Waals surface area contributed by atoms with Gasteiger partial charge in [0, 0.05) is 22.6 Å². The van der Waals surface area contributed by atoms with Crippen molar-refractivity contribution >= 4 is 23.0 Å². The highest BCUT2D eigenvalue weighted by Crippen LogP contribution is 2.37. The third-order valence-electron chi connectivity index (χ3n) is 6.47. The topological polar surface area (TPSA) is 29.5 Å². The van der Waals surface area contributed by atoms with Crippen LogP contribution in [-0.2, 0) is 9.53 Å². The Morgan fingerprint density at radius 2 is 1.33 bits per heavy atom. The van der Waals surface area contributed by atoms with Crippen molar-refractivity contribution in [2.45, 2.75) is 40.2 Å². The van der Waals surface area contributed by atoms with E-state index in [1.807, 2.05) is 25.1 Å². The van der Waals surface area contributed by atoms with E-state index < -0.39 is 0 Å². The van der Waals surface area contributed by atoms with E-state index in [2.05, 4.69) is 104 Å². The molecule has 0 aliphatic heterocycles. The van der Waals surface area contributed by atoms with Gasteiger partial charge in [0.15, 0.2) is 0 Å². The number of aryl methyl sites for hydroxylation is 2. The zero-order valence-corrected chi connectivity index (χ0v) is 21.5. The van der Waals surface area contributed by atoms with Crippen LogP contribution < -0.4 is 4.90 Å². The second-order valence-electron chi connectivity index (χ2n) is 9.19. The molecule has 0 heterocycles. The number of carbonyl (C=O) groups excluding carboxylic acids is 1. The normalized spacial score (nSPS) is 11.6. The van der Waals surface area contributed by atoms with E-state index in [0.29, 0.717) is 12.0 Å². The molecule has 0 fully saturated rings. The van der Waals surface area contributed by atoms with Crippen molar-refractivity contribution in [3.8, 4) is 11.1 Å². The van der Waals surface area contributed by atoms with Crippen LogP contribution in [-0.4, -0.2) is 5.97 Å². The zero-order chi connectivity index (χ0) is 25.7. The van der Waals surface area contributed by atoms with Crippen molar-refractivity contribution in [3.05, 3.63) is 126 Å². The van der Waals surface area contributed by atoms with Gasteiger partial charge < -0.3 is 9.64 Å². The fourth-order valence-corrected chi connectivity index (χ4v) is 4.20. The maximum Gasteiger partial charge on any atom is 0.333 e. The Morgan fingerprint density at radius 1 is 0.778 bits per heavy atom. The predicted octanol–water partition coefficient (Wildman–Crippen LogP) is 9.01. The van der Waals surface area contributed by atoms with Crippen LogP contribution in [0.4, 0.5) is 17.1 Å². The molecule has 182 valence electrons. The zero-order valence-electron chi connectivity index (χ0n) is 21.5. The average Bonchev–Trinajstić information content (AvgIpc) is 2.90. The lowest BCUT2D eigenvalue weighted by Gasteiger charge is -2.27. The summed E-state index contributed by atoms with van der Waals surface area (Å²) in [7, 11) is 0. The first-order valence-electron chi connectivity index (χ1n) is 12.4. The van der Waals surface area contributed by atoms with Crippen LogP contribution >= 0.6 is 0 Å². The number of nitrogens with zero attached hydrogens (tertiary/aromatic N) is 1. The molecule has 0 amide bonds. The molecule has 0 spiro atoms. The Bertz CT molecular complexity index is 1340. The van der Waals surface area contributed by atoms with Gasteiger partial charge in [-0.1, -0.05) is 74.2 Å². The van der Waals surface area contributed by atoms with Crippen LogP contribution in [0, 0.1) is 13.8 Å². The summed E-state index contributed by atoms with van der Waals surface area (Å²) in [5, 5.41) is 0. The Morgan fingerprint density at radius 3 is 1.89 bits per heavy atom. The van der Waals surface area contributed by atoms with Crippen LogP contribution in [0.5, 0.6) is 0 Å². The Labute approximate surface area is 214 Å². The molecule has 0 aromatic heterocycles. The highest BCUT2D eigenvalue weighted by molar-refractivity contribution is 5.87. The van der Waals surface area contributed by atoms with Crippen LogP contribution in [0.15, 0.2) is 109 Å². The summed E-state index contributed by atoms with van der Waals surface area (Å²) in [6.07, 6.45) is 0.392. The van der Waals surface area contributed by atoms with E-state index in [0.717, 1.165) is 22.6 Å². The number of benzene rings is 4. The molecular formula is C33H33NO2. The Hall–Kier alpha value is -4.11. The molecule has 0 radical (unpaired) electrons. The Balaban J connectivity index is 1.71. The molecule has 0 N–H and O–H groups in total. The number of carbonyl (C=O) groups is 1. The van der Waals surface area contributed by atoms with Crippen LogP contribution in [0.2, 0.25) is 0 Å². The fraction of sp³-hybridized carbons (Fsp3) is 0.182. The molecule has 0 aliphatic rings. The van der Waals surface area contributed by atoms with Gasteiger partial charge in [-0.3, -0.25) is 0 Å². The van der Waals surface area contributed by atoms with Crippen molar-refractivity contribution in [1.29, 1.82) is 0 Å². The van der Waals surface area contributed by atoms with Gasteiger partial charge in [0.25, 0.3) is 0 Å². The molecule has 0 aliphatic carbocycles. The van der Waals surface area contributed by atoms with Crippen molar-refractivity contribution in [2.24, 2.45) is 0 Å². The van der Waals surface area contributed by atoms with Crippen LogP contribution in [0.25, 0.3) is 11.1 Å². The lowest BCUT2D eigenvalue weighted by molar-refractivity contribution is -0.144. The van der Waals surface area contributed by atoms with Gasteiger partial charge in [0.2, 0.25) is 0 Å². The lowest BCUT2D eigenvalue weighted by atomic mass is 10.0. The van der Waals surface area contributed by atoms with Crippen molar-refractivity contribution < 1.29 is 9.53 Å². The van der Waals surface area contributed by atoms with Crippen molar-refractivity contribution in [2.75, 3.05) is 4.90 Å². The third-order valence-corrected chi connectivity index (χ3v) is 6.47. The maximum absolute atomic E-state index is 12.1. The van der Waals surface area contributed by atoms with E-state index in [1.165, 1.54) is 22.3 Å². The molecule has 0 saturated heterocycles. The molecule has 3 nitrogen and oxygen atoms in total. The first-order valence-corrected chi connectivity index (χ1v) is 12.4. The van der Waals surface area contributed by atoms with Gasteiger partial charge in [-0.15, -0.1) is 0 Å². The minimum Gasteiger partial charge on any atom is -0.454 e. The molecule has 4 aromatic carbocycles. The summed E-state index contributed by atoms with van der Waals surface area (Å²) in [6.45, 7) is 11.6. The molecule has 1 unspecified atom stereocenters. The average molecular weight is 476 g/mol. The summed E-state index contributed by atoms with van der Waals surface area (Å²) in [5.74, 6) is -0.360. The van der Waals surface area contributed by atoms with E-state index in [1.54, 1.807) is 6.92 Å². The van der Waals surface area contributed by atoms with E-state index in [9.17, 15) is 4.79 Å². The van der Waals surface area contributed by atoms with E-state index in [-0.39, 0.29) is 12.1 Å². The summed E-state index contributed by atoms with van der Waals surface area (Å²) in [6, 6.07) is 33.9. The highest BCUT2D eigenvalue weighted by Gasteiger charge is 2.18. The summed E-state index contributed by atoms with van der Waals surface area (Å²) >= 11 is 0. The smallest absolute Gasteiger partial charge is 0.333 e.